The predicted molar refractivity (Wildman–Crippen MR) is 92.2 cm³/mol. The first-order valence-corrected chi connectivity index (χ1v) is 8.71. The lowest BCUT2D eigenvalue weighted by molar-refractivity contribution is -0.145. The Balaban J connectivity index is 1.44. The van der Waals surface area contributed by atoms with Crippen LogP contribution in [0, 0.1) is 0 Å². The number of fused-ring (bicyclic) bond motifs is 1. The number of nitrogens with one attached hydrogen (secondary N) is 1. The number of hydrogen-bond acceptors (Lipinski definition) is 4. The predicted octanol–water partition coefficient (Wildman–Crippen LogP) is 1.10. The molecular formula is C18H25N3O3. The molecular weight excluding hydrogens is 306 g/mol. The van der Waals surface area contributed by atoms with Crippen LogP contribution in [-0.4, -0.2) is 60.6 Å². The van der Waals surface area contributed by atoms with Gasteiger partial charge in [0.15, 0.2) is 0 Å². The van der Waals surface area contributed by atoms with Crippen LogP contribution < -0.4 is 10.2 Å². The molecule has 6 nitrogen and oxygen atoms in total. The number of anilines is 1. The SMILES string of the molecule is O=C(CN1CCCCC1C(=O)O)NCCN1CCc2ccccc21. The topological polar surface area (TPSA) is 72.9 Å². The molecule has 6 heteroatoms. The molecule has 24 heavy (non-hydrogen) atoms. The fourth-order valence-corrected chi connectivity index (χ4v) is 3.67. The molecule has 2 aliphatic rings. The highest BCUT2D eigenvalue weighted by Gasteiger charge is 2.29. The number of amides is 1. The van der Waals surface area contributed by atoms with Crippen LogP contribution in [0.15, 0.2) is 24.3 Å². The molecule has 0 aliphatic carbocycles. The molecule has 0 spiro atoms. The lowest BCUT2D eigenvalue weighted by Gasteiger charge is -2.32. The Kier molecular flexibility index (Phi) is 5.35. The highest BCUT2D eigenvalue weighted by atomic mass is 16.4. The molecule has 130 valence electrons. The molecule has 2 heterocycles. The Labute approximate surface area is 142 Å². The van der Waals surface area contributed by atoms with Gasteiger partial charge in [-0.05, 0) is 37.4 Å². The third-order valence-corrected chi connectivity index (χ3v) is 4.93. The number of hydrogen-bond donors (Lipinski definition) is 2. The first-order chi connectivity index (χ1) is 11.6. The normalized spacial score (nSPS) is 20.7. The Bertz CT molecular complexity index is 605. The average Bonchev–Trinajstić information content (AvgIpc) is 2.98. The zero-order chi connectivity index (χ0) is 16.9. The Morgan fingerprint density at radius 3 is 2.88 bits per heavy atom. The van der Waals surface area contributed by atoms with Crippen molar-refractivity contribution in [3.05, 3.63) is 29.8 Å². The van der Waals surface area contributed by atoms with Crippen LogP contribution in [0.2, 0.25) is 0 Å². The van der Waals surface area contributed by atoms with E-state index < -0.39 is 12.0 Å². The van der Waals surface area contributed by atoms with E-state index in [4.69, 9.17) is 0 Å². The van der Waals surface area contributed by atoms with Gasteiger partial charge in [0.25, 0.3) is 0 Å². The van der Waals surface area contributed by atoms with E-state index in [9.17, 15) is 14.7 Å². The number of carbonyl (C=O) groups excluding carboxylic acids is 1. The van der Waals surface area contributed by atoms with E-state index in [0.29, 0.717) is 19.5 Å². The Morgan fingerprint density at radius 1 is 1.21 bits per heavy atom. The second-order valence-corrected chi connectivity index (χ2v) is 6.54. The summed E-state index contributed by atoms with van der Waals surface area (Å²) in [5, 5.41) is 12.2. The second kappa shape index (κ2) is 7.66. The van der Waals surface area contributed by atoms with Gasteiger partial charge in [-0.15, -0.1) is 0 Å². The molecule has 2 aliphatic heterocycles. The maximum atomic E-state index is 12.1. The summed E-state index contributed by atoms with van der Waals surface area (Å²) < 4.78 is 0. The lowest BCUT2D eigenvalue weighted by Crippen LogP contribution is -2.49. The minimum absolute atomic E-state index is 0.0874. The number of likely N-dealkylation sites (tertiary alicyclic amines) is 1. The first-order valence-electron chi connectivity index (χ1n) is 8.71. The minimum Gasteiger partial charge on any atom is -0.480 e. The maximum Gasteiger partial charge on any atom is 0.320 e. The van der Waals surface area contributed by atoms with Crippen LogP contribution in [-0.2, 0) is 16.0 Å². The molecule has 1 aromatic rings. The van der Waals surface area contributed by atoms with Gasteiger partial charge in [0.05, 0.1) is 6.54 Å². The van der Waals surface area contributed by atoms with Crippen molar-refractivity contribution in [2.45, 2.75) is 31.7 Å². The maximum absolute atomic E-state index is 12.1. The molecule has 0 aromatic heterocycles. The summed E-state index contributed by atoms with van der Waals surface area (Å²) in [4.78, 5) is 27.5. The molecule has 1 unspecified atom stereocenters. The number of para-hydroxylation sites is 1. The quantitative estimate of drug-likeness (QED) is 0.817. The molecule has 1 saturated heterocycles. The smallest absolute Gasteiger partial charge is 0.320 e. The number of rotatable bonds is 6. The molecule has 2 N–H and O–H groups in total. The van der Waals surface area contributed by atoms with Crippen LogP contribution in [0.1, 0.15) is 24.8 Å². The Morgan fingerprint density at radius 2 is 2.04 bits per heavy atom. The zero-order valence-corrected chi connectivity index (χ0v) is 13.9. The summed E-state index contributed by atoms with van der Waals surface area (Å²) >= 11 is 0. The summed E-state index contributed by atoms with van der Waals surface area (Å²) in [7, 11) is 0. The fourth-order valence-electron chi connectivity index (χ4n) is 3.67. The zero-order valence-electron chi connectivity index (χ0n) is 13.9. The van der Waals surface area contributed by atoms with Gasteiger partial charge in [0.1, 0.15) is 6.04 Å². The van der Waals surface area contributed by atoms with Gasteiger partial charge in [-0.2, -0.15) is 0 Å². The van der Waals surface area contributed by atoms with Crippen LogP contribution >= 0.6 is 0 Å². The summed E-state index contributed by atoms with van der Waals surface area (Å²) in [6.07, 6.45) is 3.57. The summed E-state index contributed by atoms with van der Waals surface area (Å²) in [6, 6.07) is 7.85. The van der Waals surface area contributed by atoms with Gasteiger partial charge in [0.2, 0.25) is 5.91 Å². The third kappa shape index (κ3) is 3.87. The fraction of sp³-hybridized carbons (Fsp3) is 0.556. The molecule has 1 atom stereocenters. The average molecular weight is 331 g/mol. The van der Waals surface area contributed by atoms with E-state index in [1.54, 1.807) is 4.90 Å². The van der Waals surface area contributed by atoms with E-state index in [-0.39, 0.29) is 12.5 Å². The van der Waals surface area contributed by atoms with Gasteiger partial charge >= 0.3 is 5.97 Å². The van der Waals surface area contributed by atoms with Crippen LogP contribution in [0.3, 0.4) is 0 Å². The van der Waals surface area contributed by atoms with Crippen molar-refractivity contribution in [2.75, 3.05) is 37.6 Å². The minimum atomic E-state index is -0.823. The molecule has 1 amide bonds. The van der Waals surface area contributed by atoms with Crippen LogP contribution in [0.4, 0.5) is 5.69 Å². The third-order valence-electron chi connectivity index (χ3n) is 4.93. The summed E-state index contributed by atoms with van der Waals surface area (Å²) in [5.74, 6) is -0.910. The number of carboxylic acids is 1. The molecule has 0 bridgehead atoms. The van der Waals surface area contributed by atoms with Crippen molar-refractivity contribution in [1.29, 1.82) is 0 Å². The largest absolute Gasteiger partial charge is 0.480 e. The van der Waals surface area contributed by atoms with Gasteiger partial charge in [-0.3, -0.25) is 14.5 Å². The van der Waals surface area contributed by atoms with Gasteiger partial charge in [-0.25, -0.2) is 0 Å². The van der Waals surface area contributed by atoms with Crippen LogP contribution in [0.25, 0.3) is 0 Å². The highest BCUT2D eigenvalue weighted by Crippen LogP contribution is 2.26. The van der Waals surface area contributed by atoms with Crippen molar-refractivity contribution in [1.82, 2.24) is 10.2 Å². The monoisotopic (exact) mass is 331 g/mol. The van der Waals surface area contributed by atoms with Gasteiger partial charge < -0.3 is 15.3 Å². The van der Waals surface area contributed by atoms with Crippen molar-refractivity contribution in [3.63, 3.8) is 0 Å². The number of benzene rings is 1. The number of carboxylic acid groups (broad SMARTS) is 1. The molecule has 0 saturated carbocycles. The van der Waals surface area contributed by atoms with Crippen molar-refractivity contribution in [2.24, 2.45) is 0 Å². The van der Waals surface area contributed by atoms with Gasteiger partial charge in [-0.1, -0.05) is 24.6 Å². The van der Waals surface area contributed by atoms with E-state index in [0.717, 1.165) is 32.4 Å². The van der Waals surface area contributed by atoms with E-state index in [1.165, 1.54) is 11.3 Å². The van der Waals surface area contributed by atoms with Crippen molar-refractivity contribution >= 4 is 17.6 Å². The molecule has 1 fully saturated rings. The molecule has 3 rings (SSSR count). The molecule has 1 aromatic carbocycles. The number of carbonyl (C=O) groups is 2. The van der Waals surface area contributed by atoms with Crippen molar-refractivity contribution < 1.29 is 14.7 Å². The first kappa shape index (κ1) is 16.8. The second-order valence-electron chi connectivity index (χ2n) is 6.54. The van der Waals surface area contributed by atoms with Crippen molar-refractivity contribution in [3.8, 4) is 0 Å². The number of piperidine rings is 1. The van der Waals surface area contributed by atoms with E-state index >= 15 is 0 Å². The van der Waals surface area contributed by atoms with E-state index in [2.05, 4.69) is 28.4 Å². The number of aliphatic carboxylic acids is 1. The lowest BCUT2D eigenvalue weighted by atomic mass is 10.0. The Hall–Kier alpha value is -2.08. The van der Waals surface area contributed by atoms with Gasteiger partial charge in [0, 0.05) is 25.3 Å². The summed E-state index contributed by atoms with van der Waals surface area (Å²) in [6.45, 7) is 3.21. The molecule has 0 radical (unpaired) electrons. The van der Waals surface area contributed by atoms with E-state index in [1.807, 2.05) is 6.07 Å². The highest BCUT2D eigenvalue weighted by molar-refractivity contribution is 5.80. The standard InChI is InChI=1S/C18H25N3O3/c22-17(13-21-10-4-3-7-16(21)18(23)24)19-9-12-20-11-8-14-5-1-2-6-15(14)20/h1-2,5-6,16H,3-4,7-13H2,(H,19,22)(H,23,24). The number of nitrogens with zero attached hydrogens (tertiary/aromatic N) is 2. The van der Waals surface area contributed by atoms with Crippen LogP contribution in [0.5, 0.6) is 0 Å². The summed E-state index contributed by atoms with van der Waals surface area (Å²) in [5.41, 5.74) is 2.62.